The topological polar surface area (TPSA) is 53.9 Å². The van der Waals surface area contributed by atoms with E-state index in [-0.39, 0.29) is 0 Å². The summed E-state index contributed by atoms with van der Waals surface area (Å²) in [4.78, 5) is 6.78. The van der Waals surface area contributed by atoms with Crippen LogP contribution in [-0.4, -0.2) is 28.3 Å². The van der Waals surface area contributed by atoms with Crippen LogP contribution >= 0.6 is 11.6 Å². The van der Waals surface area contributed by atoms with Crippen molar-refractivity contribution in [1.29, 1.82) is 0 Å². The molecular formula is C16H20ClN5. The van der Waals surface area contributed by atoms with E-state index in [1.165, 1.54) is 12.8 Å². The zero-order valence-electron chi connectivity index (χ0n) is 12.9. The monoisotopic (exact) mass is 317 g/mol. The van der Waals surface area contributed by atoms with Crippen molar-refractivity contribution in [1.82, 2.24) is 15.2 Å². The Balaban J connectivity index is 1.78. The van der Waals surface area contributed by atoms with E-state index in [1.807, 2.05) is 25.1 Å². The number of rotatable bonds is 3. The van der Waals surface area contributed by atoms with Crippen LogP contribution in [0.5, 0.6) is 0 Å². The molecule has 116 valence electrons. The van der Waals surface area contributed by atoms with Crippen LogP contribution in [-0.2, 0) is 0 Å². The molecule has 1 N–H and O–H groups in total. The molecule has 0 aliphatic carbocycles. The fourth-order valence-corrected chi connectivity index (χ4v) is 2.75. The Morgan fingerprint density at radius 1 is 1.27 bits per heavy atom. The first-order valence-corrected chi connectivity index (χ1v) is 7.98. The third kappa shape index (κ3) is 3.30. The summed E-state index contributed by atoms with van der Waals surface area (Å²) in [6.07, 6.45) is 3.99. The van der Waals surface area contributed by atoms with E-state index in [9.17, 15) is 0 Å². The minimum Gasteiger partial charge on any atom is -0.339 e. The van der Waals surface area contributed by atoms with Gasteiger partial charge in [-0.25, -0.2) is 0 Å². The van der Waals surface area contributed by atoms with Gasteiger partial charge in [0, 0.05) is 23.8 Å². The maximum atomic E-state index is 6.15. The quantitative estimate of drug-likeness (QED) is 0.932. The highest BCUT2D eigenvalue weighted by molar-refractivity contribution is 6.31. The van der Waals surface area contributed by atoms with Gasteiger partial charge in [-0.05, 0) is 43.4 Å². The van der Waals surface area contributed by atoms with Crippen LogP contribution in [0.1, 0.15) is 25.3 Å². The molecule has 1 saturated heterocycles. The lowest BCUT2D eigenvalue weighted by Crippen LogP contribution is -2.34. The second-order valence-corrected chi connectivity index (χ2v) is 6.26. The number of hydrogen-bond acceptors (Lipinski definition) is 5. The van der Waals surface area contributed by atoms with Gasteiger partial charge in [-0.1, -0.05) is 24.6 Å². The fraction of sp³-hybridized carbons (Fsp3) is 0.438. The summed E-state index contributed by atoms with van der Waals surface area (Å²) in [5.41, 5.74) is 1.93. The number of benzene rings is 1. The number of halogens is 1. The molecule has 3 rings (SSSR count). The van der Waals surface area contributed by atoms with E-state index < -0.39 is 0 Å². The summed E-state index contributed by atoms with van der Waals surface area (Å²) in [5, 5.41) is 12.3. The summed E-state index contributed by atoms with van der Waals surface area (Å²) in [6, 6.07) is 5.77. The van der Waals surface area contributed by atoms with E-state index in [0.29, 0.717) is 11.8 Å². The molecule has 2 heterocycles. The molecule has 1 aliphatic rings. The van der Waals surface area contributed by atoms with Gasteiger partial charge in [-0.3, -0.25) is 0 Å². The molecule has 1 aromatic heterocycles. The number of piperidine rings is 1. The van der Waals surface area contributed by atoms with Crippen molar-refractivity contribution < 1.29 is 0 Å². The van der Waals surface area contributed by atoms with Gasteiger partial charge in [-0.15, -0.1) is 5.10 Å². The first kappa shape index (κ1) is 15.0. The van der Waals surface area contributed by atoms with Crippen LogP contribution in [0.25, 0.3) is 0 Å². The van der Waals surface area contributed by atoms with Gasteiger partial charge in [0.15, 0.2) is 5.82 Å². The van der Waals surface area contributed by atoms with Crippen LogP contribution in [0.4, 0.5) is 17.5 Å². The minimum absolute atomic E-state index is 0.689. The van der Waals surface area contributed by atoms with Crippen molar-refractivity contribution in [2.24, 2.45) is 5.92 Å². The second kappa shape index (κ2) is 6.48. The number of aromatic nitrogens is 3. The Hall–Kier alpha value is -1.88. The van der Waals surface area contributed by atoms with E-state index >= 15 is 0 Å². The Kier molecular flexibility index (Phi) is 4.43. The Morgan fingerprint density at radius 3 is 2.82 bits per heavy atom. The van der Waals surface area contributed by atoms with Gasteiger partial charge < -0.3 is 10.2 Å². The standard InChI is InChI=1S/C16H20ClN5/c1-11-6-8-22(9-7-11)16-20-15(10-18-21-16)19-14-5-3-4-13(17)12(14)2/h3-5,10-11H,6-9H2,1-2H3,(H,19,20,21). The minimum atomic E-state index is 0.689. The largest absolute Gasteiger partial charge is 0.339 e. The first-order chi connectivity index (χ1) is 10.6. The molecule has 0 amide bonds. The molecule has 1 aromatic carbocycles. The predicted octanol–water partition coefficient (Wildman–Crippen LogP) is 3.81. The van der Waals surface area contributed by atoms with E-state index in [4.69, 9.17) is 11.6 Å². The van der Waals surface area contributed by atoms with Gasteiger partial charge in [0.2, 0.25) is 5.95 Å². The van der Waals surface area contributed by atoms with E-state index in [2.05, 4.69) is 32.3 Å². The van der Waals surface area contributed by atoms with Crippen molar-refractivity contribution in [3.8, 4) is 0 Å². The predicted molar refractivity (Wildman–Crippen MR) is 89.9 cm³/mol. The van der Waals surface area contributed by atoms with Crippen LogP contribution in [0.2, 0.25) is 5.02 Å². The lowest BCUT2D eigenvalue weighted by Gasteiger charge is -2.29. The third-order valence-electron chi connectivity index (χ3n) is 4.14. The lowest BCUT2D eigenvalue weighted by molar-refractivity contribution is 0.433. The molecule has 22 heavy (non-hydrogen) atoms. The van der Waals surface area contributed by atoms with Crippen LogP contribution < -0.4 is 10.2 Å². The average Bonchev–Trinajstić information content (AvgIpc) is 2.53. The molecule has 0 unspecified atom stereocenters. The summed E-state index contributed by atoms with van der Waals surface area (Å²) >= 11 is 6.15. The van der Waals surface area contributed by atoms with Gasteiger partial charge in [0.1, 0.15) is 0 Å². The number of nitrogens with zero attached hydrogens (tertiary/aromatic N) is 4. The average molecular weight is 318 g/mol. The van der Waals surface area contributed by atoms with Gasteiger partial charge in [-0.2, -0.15) is 10.1 Å². The molecule has 2 aromatic rings. The summed E-state index contributed by atoms with van der Waals surface area (Å²) in [7, 11) is 0. The second-order valence-electron chi connectivity index (χ2n) is 5.85. The zero-order valence-corrected chi connectivity index (χ0v) is 13.6. The molecule has 0 spiro atoms. The molecular weight excluding hydrogens is 298 g/mol. The van der Waals surface area contributed by atoms with E-state index in [1.54, 1.807) is 6.20 Å². The summed E-state index contributed by atoms with van der Waals surface area (Å²) < 4.78 is 0. The SMILES string of the molecule is Cc1c(Cl)cccc1Nc1cnnc(N2CCC(C)CC2)n1. The zero-order chi connectivity index (χ0) is 15.5. The number of hydrogen-bond donors (Lipinski definition) is 1. The molecule has 0 bridgehead atoms. The highest BCUT2D eigenvalue weighted by atomic mass is 35.5. The van der Waals surface area contributed by atoms with Crippen molar-refractivity contribution in [3.63, 3.8) is 0 Å². The normalized spacial score (nSPS) is 15.9. The first-order valence-electron chi connectivity index (χ1n) is 7.60. The van der Waals surface area contributed by atoms with Crippen LogP contribution in [0, 0.1) is 12.8 Å². The fourth-order valence-electron chi connectivity index (χ4n) is 2.58. The summed E-state index contributed by atoms with van der Waals surface area (Å²) in [5.74, 6) is 2.16. The highest BCUT2D eigenvalue weighted by Gasteiger charge is 2.18. The van der Waals surface area contributed by atoms with Crippen molar-refractivity contribution in [2.75, 3.05) is 23.3 Å². The molecule has 1 aliphatic heterocycles. The smallest absolute Gasteiger partial charge is 0.247 e. The number of nitrogens with one attached hydrogen (secondary N) is 1. The maximum absolute atomic E-state index is 6.15. The Bertz CT molecular complexity index is 653. The molecule has 1 fully saturated rings. The van der Waals surface area contributed by atoms with Gasteiger partial charge in [0.05, 0.1) is 6.20 Å². The van der Waals surface area contributed by atoms with Crippen molar-refractivity contribution >= 4 is 29.1 Å². The van der Waals surface area contributed by atoms with E-state index in [0.717, 1.165) is 35.3 Å². The van der Waals surface area contributed by atoms with Gasteiger partial charge >= 0.3 is 0 Å². The van der Waals surface area contributed by atoms with Gasteiger partial charge in [0.25, 0.3) is 0 Å². The molecule has 0 radical (unpaired) electrons. The highest BCUT2D eigenvalue weighted by Crippen LogP contribution is 2.26. The van der Waals surface area contributed by atoms with Crippen LogP contribution in [0.15, 0.2) is 24.4 Å². The third-order valence-corrected chi connectivity index (χ3v) is 4.55. The number of anilines is 3. The van der Waals surface area contributed by atoms with Crippen molar-refractivity contribution in [3.05, 3.63) is 35.0 Å². The van der Waals surface area contributed by atoms with Crippen molar-refractivity contribution in [2.45, 2.75) is 26.7 Å². The van der Waals surface area contributed by atoms with Crippen LogP contribution in [0.3, 0.4) is 0 Å². The molecule has 0 saturated carbocycles. The maximum Gasteiger partial charge on any atom is 0.247 e. The molecule has 5 nitrogen and oxygen atoms in total. The molecule has 6 heteroatoms. The Morgan fingerprint density at radius 2 is 2.05 bits per heavy atom. The lowest BCUT2D eigenvalue weighted by atomic mass is 10.00. The molecule has 0 atom stereocenters. The summed E-state index contributed by atoms with van der Waals surface area (Å²) in [6.45, 7) is 6.24. The Labute approximate surface area is 135 Å².